The molecule has 0 saturated carbocycles. The van der Waals surface area contributed by atoms with Crippen molar-refractivity contribution in [2.24, 2.45) is 0 Å². The van der Waals surface area contributed by atoms with E-state index in [1.54, 1.807) is 0 Å². The minimum atomic E-state index is 0.754. The van der Waals surface area contributed by atoms with E-state index in [9.17, 15) is 0 Å². The fraction of sp³-hybridized carbons (Fsp3) is 0.900. The first-order valence-electron chi connectivity index (χ1n) is 5.52. The number of piperazine rings is 1. The number of rotatable bonds is 0. The normalized spacial score (nSPS) is 28.4. The maximum Gasteiger partial charge on any atom is 0.168 e. The van der Waals surface area contributed by atoms with Gasteiger partial charge < -0.3 is 10.2 Å². The molecule has 4 heteroatoms. The molecule has 0 aromatic rings. The lowest BCUT2D eigenvalue weighted by Crippen LogP contribution is -2.57. The van der Waals surface area contributed by atoms with Gasteiger partial charge in [0.2, 0.25) is 0 Å². The Morgan fingerprint density at radius 3 is 2.93 bits per heavy atom. The fourth-order valence-corrected chi connectivity index (χ4v) is 2.66. The molecule has 0 aromatic carbocycles. The largest absolute Gasteiger partial charge is 0.366 e. The fourth-order valence-electron chi connectivity index (χ4n) is 2.50. The van der Waals surface area contributed by atoms with Crippen molar-refractivity contribution in [2.75, 3.05) is 33.2 Å². The second-order valence-electron chi connectivity index (χ2n) is 4.19. The zero-order valence-electron chi connectivity index (χ0n) is 8.83. The highest BCUT2D eigenvalue weighted by Gasteiger charge is 2.29. The number of nitrogens with zero attached hydrogens (tertiary/aromatic N) is 2. The summed E-state index contributed by atoms with van der Waals surface area (Å²) in [6.07, 6.45) is 4.12. The first kappa shape index (κ1) is 10.2. The third-order valence-electron chi connectivity index (χ3n) is 3.34. The second-order valence-corrected chi connectivity index (χ2v) is 4.57. The van der Waals surface area contributed by atoms with E-state index in [0.717, 1.165) is 24.2 Å². The molecule has 0 spiro atoms. The molecule has 0 aromatic heterocycles. The molecule has 0 bridgehead atoms. The van der Waals surface area contributed by atoms with E-state index in [1.807, 2.05) is 7.05 Å². The summed E-state index contributed by atoms with van der Waals surface area (Å²) in [5.41, 5.74) is 0. The van der Waals surface area contributed by atoms with Gasteiger partial charge >= 0.3 is 0 Å². The molecule has 1 unspecified atom stereocenters. The molecule has 2 aliphatic heterocycles. The van der Waals surface area contributed by atoms with Crippen LogP contribution in [-0.4, -0.2) is 54.2 Å². The lowest BCUT2D eigenvalue weighted by Gasteiger charge is -2.44. The van der Waals surface area contributed by atoms with Gasteiger partial charge in [-0.1, -0.05) is 6.42 Å². The predicted octanol–water partition coefficient (Wildman–Crippen LogP) is 0.661. The van der Waals surface area contributed by atoms with Crippen LogP contribution in [0.25, 0.3) is 0 Å². The first-order chi connectivity index (χ1) is 6.81. The summed E-state index contributed by atoms with van der Waals surface area (Å²) in [6.45, 7) is 4.70. The van der Waals surface area contributed by atoms with Crippen LogP contribution >= 0.6 is 12.2 Å². The molecular formula is C10H19N3S. The molecule has 3 nitrogen and oxygen atoms in total. The Morgan fingerprint density at radius 2 is 2.14 bits per heavy atom. The number of nitrogens with one attached hydrogen (secondary N) is 1. The molecule has 2 heterocycles. The van der Waals surface area contributed by atoms with E-state index in [4.69, 9.17) is 12.2 Å². The van der Waals surface area contributed by atoms with Crippen LogP contribution in [0.2, 0.25) is 0 Å². The zero-order valence-corrected chi connectivity index (χ0v) is 9.65. The van der Waals surface area contributed by atoms with Crippen LogP contribution in [0.1, 0.15) is 19.3 Å². The number of hydrogen-bond donors (Lipinski definition) is 1. The summed E-state index contributed by atoms with van der Waals surface area (Å²) in [7, 11) is 1.91. The monoisotopic (exact) mass is 213 g/mol. The highest BCUT2D eigenvalue weighted by Crippen LogP contribution is 2.20. The maximum atomic E-state index is 5.27. The Labute approximate surface area is 91.4 Å². The third-order valence-corrected chi connectivity index (χ3v) is 3.80. The Morgan fingerprint density at radius 1 is 1.29 bits per heavy atom. The van der Waals surface area contributed by atoms with Gasteiger partial charge in [-0.15, -0.1) is 0 Å². The molecule has 14 heavy (non-hydrogen) atoms. The lowest BCUT2D eigenvalue weighted by molar-refractivity contribution is 0.0800. The third kappa shape index (κ3) is 2.01. The van der Waals surface area contributed by atoms with E-state index in [2.05, 4.69) is 15.1 Å². The predicted molar refractivity (Wildman–Crippen MR) is 62.4 cm³/mol. The average molecular weight is 213 g/mol. The molecule has 1 atom stereocenters. The summed E-state index contributed by atoms with van der Waals surface area (Å²) < 4.78 is 0. The standard InChI is InChI=1S/C10H19N3S/c1-11-10(14)13-7-6-12-5-3-2-4-9(12)8-13/h9H,2-8H2,1H3,(H,11,14). The van der Waals surface area contributed by atoms with Gasteiger partial charge in [0.05, 0.1) is 0 Å². The van der Waals surface area contributed by atoms with Gasteiger partial charge in [0.1, 0.15) is 0 Å². The van der Waals surface area contributed by atoms with E-state index < -0.39 is 0 Å². The minimum Gasteiger partial charge on any atom is -0.366 e. The number of thiocarbonyl (C=S) groups is 1. The van der Waals surface area contributed by atoms with Gasteiger partial charge in [0, 0.05) is 32.7 Å². The smallest absolute Gasteiger partial charge is 0.168 e. The quantitative estimate of drug-likeness (QED) is 0.596. The molecule has 1 N–H and O–H groups in total. The van der Waals surface area contributed by atoms with Crippen molar-refractivity contribution in [3.05, 3.63) is 0 Å². The SMILES string of the molecule is CNC(=S)N1CCN2CCCCC2C1. The van der Waals surface area contributed by atoms with Crippen molar-refractivity contribution >= 4 is 17.3 Å². The van der Waals surface area contributed by atoms with Gasteiger partial charge in [-0.25, -0.2) is 0 Å². The van der Waals surface area contributed by atoms with E-state index in [0.29, 0.717) is 0 Å². The van der Waals surface area contributed by atoms with Gasteiger partial charge in [-0.05, 0) is 31.6 Å². The van der Waals surface area contributed by atoms with Crippen LogP contribution in [0.3, 0.4) is 0 Å². The van der Waals surface area contributed by atoms with Crippen molar-refractivity contribution < 1.29 is 0 Å². The number of hydrogen-bond acceptors (Lipinski definition) is 2. The molecule has 2 saturated heterocycles. The molecule has 80 valence electrons. The molecule has 2 aliphatic rings. The zero-order chi connectivity index (χ0) is 9.97. The van der Waals surface area contributed by atoms with Crippen LogP contribution in [0, 0.1) is 0 Å². The number of fused-ring (bicyclic) bond motifs is 1. The van der Waals surface area contributed by atoms with Crippen LogP contribution in [-0.2, 0) is 0 Å². The van der Waals surface area contributed by atoms with Crippen LogP contribution in [0.5, 0.6) is 0 Å². The average Bonchev–Trinajstić information content (AvgIpc) is 2.27. The summed E-state index contributed by atoms with van der Waals surface area (Å²) >= 11 is 5.27. The highest BCUT2D eigenvalue weighted by atomic mass is 32.1. The van der Waals surface area contributed by atoms with Gasteiger partial charge in [0.15, 0.2) is 5.11 Å². The van der Waals surface area contributed by atoms with Crippen molar-refractivity contribution in [1.82, 2.24) is 15.1 Å². The molecular weight excluding hydrogens is 194 g/mol. The van der Waals surface area contributed by atoms with Gasteiger partial charge in [-0.3, -0.25) is 4.90 Å². The molecule has 0 aliphatic carbocycles. The molecule has 0 radical (unpaired) electrons. The Balaban J connectivity index is 1.92. The van der Waals surface area contributed by atoms with Gasteiger partial charge in [-0.2, -0.15) is 0 Å². The molecule has 2 fully saturated rings. The Bertz CT molecular complexity index is 219. The maximum absolute atomic E-state index is 5.27. The van der Waals surface area contributed by atoms with Crippen molar-refractivity contribution in [1.29, 1.82) is 0 Å². The lowest BCUT2D eigenvalue weighted by atomic mass is 10.00. The van der Waals surface area contributed by atoms with E-state index in [-0.39, 0.29) is 0 Å². The summed E-state index contributed by atoms with van der Waals surface area (Å²) in [6, 6.07) is 0.754. The first-order valence-corrected chi connectivity index (χ1v) is 5.93. The van der Waals surface area contributed by atoms with Crippen molar-refractivity contribution in [3.8, 4) is 0 Å². The van der Waals surface area contributed by atoms with Crippen molar-refractivity contribution in [2.45, 2.75) is 25.3 Å². The number of piperidine rings is 1. The second kappa shape index (κ2) is 4.45. The van der Waals surface area contributed by atoms with Crippen LogP contribution in [0.15, 0.2) is 0 Å². The van der Waals surface area contributed by atoms with Crippen molar-refractivity contribution in [3.63, 3.8) is 0 Å². The Hall–Kier alpha value is -0.350. The highest BCUT2D eigenvalue weighted by molar-refractivity contribution is 7.80. The van der Waals surface area contributed by atoms with Gasteiger partial charge in [0.25, 0.3) is 0 Å². The van der Waals surface area contributed by atoms with Crippen LogP contribution in [0.4, 0.5) is 0 Å². The Kier molecular flexibility index (Phi) is 3.23. The topological polar surface area (TPSA) is 18.5 Å². The minimum absolute atomic E-state index is 0.754. The summed E-state index contributed by atoms with van der Waals surface area (Å²) in [4.78, 5) is 4.93. The summed E-state index contributed by atoms with van der Waals surface area (Å²) in [5.74, 6) is 0. The summed E-state index contributed by atoms with van der Waals surface area (Å²) in [5, 5.41) is 3.98. The van der Waals surface area contributed by atoms with Crippen LogP contribution < -0.4 is 5.32 Å². The van der Waals surface area contributed by atoms with E-state index >= 15 is 0 Å². The molecule has 0 amide bonds. The van der Waals surface area contributed by atoms with E-state index in [1.165, 1.54) is 32.4 Å². The molecule has 2 rings (SSSR count).